The summed E-state index contributed by atoms with van der Waals surface area (Å²) in [6.07, 6.45) is 2.17. The van der Waals surface area contributed by atoms with Gasteiger partial charge in [0.1, 0.15) is 0 Å². The topological polar surface area (TPSA) is 46.3 Å². The molecule has 0 spiro atoms. The first-order valence-electron chi connectivity index (χ1n) is 6.94. The molecule has 0 aromatic carbocycles. The number of hydrogen-bond acceptors (Lipinski definition) is 2. The Morgan fingerprint density at radius 2 is 2.00 bits per heavy atom. The third-order valence-corrected chi connectivity index (χ3v) is 4.42. The van der Waals surface area contributed by atoms with Gasteiger partial charge in [0.05, 0.1) is 6.04 Å². The Hall–Kier alpha value is -0.570. The molecule has 0 aromatic heterocycles. The monoisotopic (exact) mass is 240 g/mol. The van der Waals surface area contributed by atoms with Crippen LogP contribution in [0.3, 0.4) is 0 Å². The number of rotatable bonds is 3. The van der Waals surface area contributed by atoms with Gasteiger partial charge in [-0.05, 0) is 31.1 Å². The zero-order valence-corrected chi connectivity index (χ0v) is 11.9. The molecule has 1 heterocycles. The van der Waals surface area contributed by atoms with Crippen LogP contribution in [0.4, 0.5) is 0 Å². The van der Waals surface area contributed by atoms with Gasteiger partial charge >= 0.3 is 0 Å². The molecule has 3 unspecified atom stereocenters. The Morgan fingerprint density at radius 1 is 1.41 bits per heavy atom. The van der Waals surface area contributed by atoms with Crippen LogP contribution in [0.25, 0.3) is 0 Å². The highest BCUT2D eigenvalue weighted by Gasteiger charge is 2.35. The molecular weight excluding hydrogens is 212 g/mol. The predicted octanol–water partition coefficient (Wildman–Crippen LogP) is 2.25. The molecule has 1 aliphatic heterocycles. The standard InChI is InChI=1S/C14H28N2O/c1-6-10(3)13(15)14(17)16-8-9(2)7-11(4)12(16)5/h9-13H,6-8,15H2,1-5H3/t9?,10-,11?,12?,13-/m0/s1. The maximum absolute atomic E-state index is 12.4. The average Bonchev–Trinajstić information content (AvgIpc) is 2.30. The lowest BCUT2D eigenvalue weighted by Gasteiger charge is -2.42. The van der Waals surface area contributed by atoms with Crippen LogP contribution in [0.2, 0.25) is 0 Å². The predicted molar refractivity (Wildman–Crippen MR) is 71.6 cm³/mol. The van der Waals surface area contributed by atoms with E-state index in [2.05, 4.69) is 34.6 Å². The summed E-state index contributed by atoms with van der Waals surface area (Å²) in [6, 6.07) is -0.00578. The van der Waals surface area contributed by atoms with Gasteiger partial charge in [0.2, 0.25) is 5.91 Å². The smallest absolute Gasteiger partial charge is 0.240 e. The van der Waals surface area contributed by atoms with Crippen LogP contribution < -0.4 is 5.73 Å². The summed E-state index contributed by atoms with van der Waals surface area (Å²) in [4.78, 5) is 14.4. The fraction of sp³-hybridized carbons (Fsp3) is 0.929. The van der Waals surface area contributed by atoms with Gasteiger partial charge in [-0.2, -0.15) is 0 Å². The van der Waals surface area contributed by atoms with Gasteiger partial charge in [-0.15, -0.1) is 0 Å². The van der Waals surface area contributed by atoms with Crippen LogP contribution >= 0.6 is 0 Å². The molecule has 5 atom stereocenters. The van der Waals surface area contributed by atoms with Crippen molar-refractivity contribution >= 4 is 5.91 Å². The van der Waals surface area contributed by atoms with E-state index >= 15 is 0 Å². The number of carbonyl (C=O) groups is 1. The summed E-state index contributed by atoms with van der Waals surface area (Å²) in [5.41, 5.74) is 6.06. The summed E-state index contributed by atoms with van der Waals surface area (Å²) >= 11 is 0. The molecule has 2 N–H and O–H groups in total. The van der Waals surface area contributed by atoms with E-state index in [9.17, 15) is 4.79 Å². The van der Waals surface area contributed by atoms with Crippen LogP contribution in [-0.4, -0.2) is 29.4 Å². The quantitative estimate of drug-likeness (QED) is 0.822. The number of amides is 1. The first-order valence-corrected chi connectivity index (χ1v) is 6.94. The van der Waals surface area contributed by atoms with E-state index in [1.807, 2.05) is 4.90 Å². The molecule has 0 bridgehead atoms. The highest BCUT2D eigenvalue weighted by molar-refractivity contribution is 5.82. The van der Waals surface area contributed by atoms with Crippen LogP contribution in [0.15, 0.2) is 0 Å². The number of carbonyl (C=O) groups excluding carboxylic acids is 1. The number of hydrogen-bond donors (Lipinski definition) is 1. The Balaban J connectivity index is 2.73. The molecule has 1 aliphatic rings. The Kier molecular flexibility index (Phi) is 4.99. The molecule has 0 aromatic rings. The van der Waals surface area contributed by atoms with Crippen molar-refractivity contribution in [2.75, 3.05) is 6.54 Å². The van der Waals surface area contributed by atoms with Gasteiger partial charge in [-0.1, -0.05) is 34.1 Å². The van der Waals surface area contributed by atoms with E-state index in [1.54, 1.807) is 0 Å². The van der Waals surface area contributed by atoms with Crippen LogP contribution in [0, 0.1) is 17.8 Å². The van der Waals surface area contributed by atoms with Crippen LogP contribution in [-0.2, 0) is 4.79 Å². The summed E-state index contributed by atoms with van der Waals surface area (Å²) in [5.74, 6) is 1.58. The zero-order chi connectivity index (χ0) is 13.2. The second-order valence-electron chi connectivity index (χ2n) is 5.96. The Labute approximate surface area is 106 Å². The van der Waals surface area contributed by atoms with Crippen molar-refractivity contribution in [2.45, 2.75) is 59.5 Å². The fourth-order valence-corrected chi connectivity index (χ4v) is 2.69. The van der Waals surface area contributed by atoms with E-state index in [1.165, 1.54) is 6.42 Å². The van der Waals surface area contributed by atoms with Crippen molar-refractivity contribution < 1.29 is 4.79 Å². The molecule has 100 valence electrons. The lowest BCUT2D eigenvalue weighted by atomic mass is 9.85. The largest absolute Gasteiger partial charge is 0.338 e. The summed E-state index contributed by atoms with van der Waals surface area (Å²) in [6.45, 7) is 11.6. The zero-order valence-electron chi connectivity index (χ0n) is 11.9. The van der Waals surface area contributed by atoms with E-state index in [4.69, 9.17) is 5.73 Å². The maximum Gasteiger partial charge on any atom is 0.240 e. The van der Waals surface area contributed by atoms with Crippen LogP contribution in [0.5, 0.6) is 0 Å². The van der Waals surface area contributed by atoms with E-state index in [0.717, 1.165) is 13.0 Å². The molecule has 3 heteroatoms. The number of piperidine rings is 1. The molecule has 1 saturated heterocycles. The number of nitrogens with two attached hydrogens (primary N) is 1. The molecular formula is C14H28N2O. The van der Waals surface area contributed by atoms with Gasteiger partial charge in [0.25, 0.3) is 0 Å². The SMILES string of the molecule is CC[C@H](C)[C@H](N)C(=O)N1CC(C)CC(C)C1C. The fourth-order valence-electron chi connectivity index (χ4n) is 2.69. The first kappa shape index (κ1) is 14.5. The lowest BCUT2D eigenvalue weighted by molar-refractivity contribution is -0.139. The van der Waals surface area contributed by atoms with Gasteiger partial charge < -0.3 is 10.6 Å². The van der Waals surface area contributed by atoms with Crippen molar-refractivity contribution in [1.82, 2.24) is 4.90 Å². The highest BCUT2D eigenvalue weighted by atomic mass is 16.2. The van der Waals surface area contributed by atoms with E-state index < -0.39 is 0 Å². The molecule has 3 nitrogen and oxygen atoms in total. The second kappa shape index (κ2) is 5.85. The van der Waals surface area contributed by atoms with Gasteiger partial charge in [0, 0.05) is 12.6 Å². The van der Waals surface area contributed by atoms with Crippen LogP contribution in [0.1, 0.15) is 47.5 Å². The summed E-state index contributed by atoms with van der Waals surface area (Å²) in [7, 11) is 0. The summed E-state index contributed by atoms with van der Waals surface area (Å²) in [5, 5.41) is 0. The van der Waals surface area contributed by atoms with E-state index in [-0.39, 0.29) is 17.9 Å². The molecule has 17 heavy (non-hydrogen) atoms. The van der Waals surface area contributed by atoms with Crippen molar-refractivity contribution in [3.63, 3.8) is 0 Å². The van der Waals surface area contributed by atoms with Crippen molar-refractivity contribution in [2.24, 2.45) is 23.5 Å². The van der Waals surface area contributed by atoms with Gasteiger partial charge in [0.15, 0.2) is 0 Å². The third kappa shape index (κ3) is 3.21. The number of likely N-dealkylation sites (tertiary alicyclic amines) is 1. The normalized spacial score (nSPS) is 33.3. The minimum atomic E-state index is -0.333. The van der Waals surface area contributed by atoms with E-state index in [0.29, 0.717) is 17.9 Å². The lowest BCUT2D eigenvalue weighted by Crippen LogP contribution is -2.55. The molecule has 0 radical (unpaired) electrons. The molecule has 0 saturated carbocycles. The Morgan fingerprint density at radius 3 is 2.53 bits per heavy atom. The van der Waals surface area contributed by atoms with Gasteiger partial charge in [-0.3, -0.25) is 4.79 Å². The molecule has 1 rings (SSSR count). The average molecular weight is 240 g/mol. The second-order valence-corrected chi connectivity index (χ2v) is 5.96. The highest BCUT2D eigenvalue weighted by Crippen LogP contribution is 2.27. The van der Waals surface area contributed by atoms with Crippen molar-refractivity contribution in [3.8, 4) is 0 Å². The maximum atomic E-state index is 12.4. The van der Waals surface area contributed by atoms with Crippen molar-refractivity contribution in [3.05, 3.63) is 0 Å². The number of nitrogens with zero attached hydrogens (tertiary/aromatic N) is 1. The third-order valence-electron chi connectivity index (χ3n) is 4.42. The molecule has 1 fully saturated rings. The Bertz CT molecular complexity index is 267. The minimum Gasteiger partial charge on any atom is -0.338 e. The minimum absolute atomic E-state index is 0.144. The van der Waals surface area contributed by atoms with Gasteiger partial charge in [-0.25, -0.2) is 0 Å². The first-order chi connectivity index (χ1) is 7.88. The molecule has 1 amide bonds. The molecule has 0 aliphatic carbocycles. The summed E-state index contributed by atoms with van der Waals surface area (Å²) < 4.78 is 0. The van der Waals surface area contributed by atoms with Crippen molar-refractivity contribution in [1.29, 1.82) is 0 Å².